The molecule has 4 heterocycles. The minimum Gasteiger partial charge on any atom is -0.505 e. The van der Waals surface area contributed by atoms with Crippen LogP contribution in [-0.2, 0) is 52.3 Å². The van der Waals surface area contributed by atoms with Gasteiger partial charge in [-0.15, -0.1) is 0 Å². The lowest BCUT2D eigenvalue weighted by Gasteiger charge is -2.24. The number of aromatic hydroxyl groups is 1. The molecule has 7 rings (SSSR count). The van der Waals surface area contributed by atoms with Crippen LogP contribution in [0.5, 0.6) is 11.5 Å². The van der Waals surface area contributed by atoms with Gasteiger partial charge in [0.15, 0.2) is 5.75 Å². The fraction of sp³-hybridized carbons (Fsp3) is 0.681. The molecule has 19 heteroatoms. The first-order valence-corrected chi connectivity index (χ1v) is 23.0. The number of carbonyl (C=O) groups excluding carboxylic acids is 5. The molecule has 1 aromatic carbocycles. The molecule has 0 radical (unpaired) electrons. The van der Waals surface area contributed by atoms with Gasteiger partial charge in [-0.05, 0) is 103 Å². The highest BCUT2D eigenvalue weighted by Gasteiger charge is 2.64. The average Bonchev–Trinajstić information content (AvgIpc) is 4.07. The third-order valence-corrected chi connectivity index (χ3v) is 13.8. The fourth-order valence-corrected chi connectivity index (χ4v) is 10.0. The average molecular weight is 927 g/mol. The number of allylic oxidation sites excluding steroid dienone is 2. The molecule has 0 spiro atoms. The summed E-state index contributed by atoms with van der Waals surface area (Å²) in [5.74, 6) is -3.10. The van der Waals surface area contributed by atoms with E-state index in [-0.39, 0.29) is 110 Å². The zero-order valence-electron chi connectivity index (χ0n) is 38.6. The van der Waals surface area contributed by atoms with Crippen molar-refractivity contribution in [3.63, 3.8) is 0 Å². The summed E-state index contributed by atoms with van der Waals surface area (Å²) < 4.78 is 51.6. The zero-order chi connectivity index (χ0) is 47.2. The van der Waals surface area contributed by atoms with Gasteiger partial charge in [0.1, 0.15) is 55.5 Å². The van der Waals surface area contributed by atoms with Crippen LogP contribution in [0.4, 0.5) is 10.5 Å². The summed E-state index contributed by atoms with van der Waals surface area (Å²) in [5, 5.41) is 16.2. The molecule has 4 aliphatic heterocycles. The molecule has 4 saturated heterocycles. The molecule has 19 nitrogen and oxygen atoms in total. The quantitative estimate of drug-likeness (QED) is 0.0388. The van der Waals surface area contributed by atoms with Gasteiger partial charge in [-0.2, -0.15) is 0 Å². The van der Waals surface area contributed by atoms with Gasteiger partial charge in [0, 0.05) is 31.5 Å². The number of nitrogens with one attached hydrogen (secondary N) is 2. The molecule has 364 valence electrons. The summed E-state index contributed by atoms with van der Waals surface area (Å²) in [4.78, 5) is 65.4. The van der Waals surface area contributed by atoms with Crippen LogP contribution in [0.25, 0.3) is 0 Å². The Labute approximate surface area is 385 Å². The number of ether oxygens (including phenoxy) is 9. The molecular formula is C47H66N4O15. The smallest absolute Gasteiger partial charge is 0.505 e. The van der Waals surface area contributed by atoms with Crippen LogP contribution in [0.1, 0.15) is 75.6 Å². The summed E-state index contributed by atoms with van der Waals surface area (Å²) in [5.41, 5.74) is 6.24. The van der Waals surface area contributed by atoms with Crippen molar-refractivity contribution in [1.82, 2.24) is 10.2 Å². The van der Waals surface area contributed by atoms with E-state index >= 15 is 0 Å². The molecule has 0 saturated carbocycles. The third kappa shape index (κ3) is 11.8. The van der Waals surface area contributed by atoms with Crippen LogP contribution in [0.3, 0.4) is 0 Å². The second-order valence-corrected chi connectivity index (χ2v) is 18.8. The van der Waals surface area contributed by atoms with E-state index in [1.807, 2.05) is 25.9 Å². The van der Waals surface area contributed by atoms with Crippen molar-refractivity contribution in [1.29, 1.82) is 0 Å². The predicted molar refractivity (Wildman–Crippen MR) is 236 cm³/mol. The summed E-state index contributed by atoms with van der Waals surface area (Å²) in [6.07, 6.45) is 8.16. The van der Waals surface area contributed by atoms with Crippen molar-refractivity contribution < 1.29 is 71.7 Å². The first-order valence-electron chi connectivity index (χ1n) is 23.0. The molecule has 0 unspecified atom stereocenters. The Hall–Kier alpha value is -4.79. The van der Waals surface area contributed by atoms with Crippen molar-refractivity contribution in [3.05, 3.63) is 41.0 Å². The zero-order valence-corrected chi connectivity index (χ0v) is 38.6. The number of primary amides is 1. The summed E-state index contributed by atoms with van der Waals surface area (Å²) in [6, 6.07) is 2.79. The number of nitrogens with two attached hydrogens (primary N) is 1. The van der Waals surface area contributed by atoms with E-state index in [1.54, 1.807) is 0 Å². The van der Waals surface area contributed by atoms with E-state index < -0.39 is 35.2 Å². The highest BCUT2D eigenvalue weighted by Crippen LogP contribution is 2.51. The van der Waals surface area contributed by atoms with Gasteiger partial charge in [0.05, 0.1) is 55.7 Å². The van der Waals surface area contributed by atoms with E-state index in [2.05, 4.69) is 29.7 Å². The number of nitrogens with zero attached hydrogens (tertiary/aromatic N) is 1. The summed E-state index contributed by atoms with van der Waals surface area (Å²) in [7, 11) is 5.23. The normalized spacial score (nSPS) is 32.9. The van der Waals surface area contributed by atoms with E-state index in [0.717, 1.165) is 36.8 Å². The minimum atomic E-state index is -0.908. The lowest BCUT2D eigenvalue weighted by atomic mass is 9.80. The molecule has 5 N–H and O–H groups in total. The molecule has 1 aromatic rings. The maximum atomic E-state index is 13.3. The number of anilines is 1. The number of fused-ring (bicyclic) bond motifs is 6. The van der Waals surface area contributed by atoms with Crippen LogP contribution >= 0.6 is 0 Å². The second-order valence-electron chi connectivity index (χ2n) is 18.8. The van der Waals surface area contributed by atoms with Gasteiger partial charge in [-0.25, -0.2) is 4.79 Å². The van der Waals surface area contributed by atoms with Gasteiger partial charge in [0.25, 0.3) is 5.91 Å². The molecule has 2 aliphatic carbocycles. The standard InChI is InChI=1S/C47H66N4O15/c1-46-16-6-8-27(24-61-45(57)62-25-28-9-7-17-47(2)41(66-47)39-30(13-11-28)32(23-51(3)4)44(56)64-39)10-12-29-31(43(55)63-38(29)40(46)65-46)22-49-18-19-59-20-21-60-26-35(52)50-33-14-15-34(58-5)36(37(33)53)42(48)54/h8-9,14-15,29-32,38-41,49,53H,6-7,10-13,16-26H2,1-5H3,(H2,48,54)(H,50,52)/b27-8+,28-9+/t29-,30-,31-,32-,38-,39-,40-,41-,46+,47+/m0/s1. The Morgan fingerprint density at radius 3 is 2.00 bits per heavy atom. The SMILES string of the molecule is COc1ccc(NC(=O)COCCOCCNC[C@@H]2C(=O)O[C@H]3[C@H]2CC/C(COC(=O)OC/C2=C/CC[C@@]4(C)O[C@H]4[C@H]4OC(=O)[C@@H](CN(C)C)[C@@H]4CC2)=C\CC[C@@]2(C)O[C@@H]32)c(O)c1C(N)=O. The van der Waals surface area contributed by atoms with Crippen molar-refractivity contribution in [3.8, 4) is 11.5 Å². The number of rotatable bonds is 19. The number of amides is 2. The van der Waals surface area contributed by atoms with Crippen molar-refractivity contribution in [2.24, 2.45) is 29.4 Å². The molecular weight excluding hydrogens is 861 g/mol. The number of benzene rings is 1. The Kier molecular flexibility index (Phi) is 16.0. The number of methoxy groups -OCH3 is 1. The third-order valence-electron chi connectivity index (χ3n) is 13.8. The largest absolute Gasteiger partial charge is 0.508 e. The van der Waals surface area contributed by atoms with Crippen LogP contribution in [0.2, 0.25) is 0 Å². The maximum Gasteiger partial charge on any atom is 0.508 e. The highest BCUT2D eigenvalue weighted by molar-refractivity contribution is 6.02. The van der Waals surface area contributed by atoms with Gasteiger partial charge >= 0.3 is 18.1 Å². The molecule has 10 atom stereocenters. The molecule has 4 fully saturated rings. The number of hydrogen-bond donors (Lipinski definition) is 4. The lowest BCUT2D eigenvalue weighted by Crippen LogP contribution is -2.35. The monoisotopic (exact) mass is 926 g/mol. The number of epoxide rings is 2. The fourth-order valence-electron chi connectivity index (χ4n) is 10.0. The Morgan fingerprint density at radius 2 is 1.42 bits per heavy atom. The van der Waals surface area contributed by atoms with Crippen LogP contribution < -0.4 is 21.1 Å². The predicted octanol–water partition coefficient (Wildman–Crippen LogP) is 3.41. The van der Waals surface area contributed by atoms with Gasteiger partial charge < -0.3 is 69.0 Å². The van der Waals surface area contributed by atoms with Crippen LogP contribution in [0.15, 0.2) is 35.4 Å². The van der Waals surface area contributed by atoms with E-state index in [1.165, 1.54) is 19.2 Å². The number of esters is 2. The maximum absolute atomic E-state index is 13.3. The summed E-state index contributed by atoms with van der Waals surface area (Å²) >= 11 is 0. The van der Waals surface area contributed by atoms with Crippen molar-refractivity contribution >= 4 is 35.6 Å². The number of hydrogen-bond acceptors (Lipinski definition) is 17. The first-order chi connectivity index (χ1) is 31.6. The highest BCUT2D eigenvalue weighted by atomic mass is 16.7. The lowest BCUT2D eigenvalue weighted by molar-refractivity contribution is -0.146. The number of carbonyl (C=O) groups is 5. The molecule has 66 heavy (non-hydrogen) atoms. The van der Waals surface area contributed by atoms with Gasteiger partial charge in [-0.3, -0.25) is 19.2 Å². The summed E-state index contributed by atoms with van der Waals surface area (Å²) in [6.45, 7) is 6.04. The Bertz CT molecular complexity index is 2030. The van der Waals surface area contributed by atoms with E-state index in [9.17, 15) is 29.1 Å². The molecule has 2 amide bonds. The first kappa shape index (κ1) is 49.1. The van der Waals surface area contributed by atoms with E-state index in [0.29, 0.717) is 51.9 Å². The Morgan fingerprint density at radius 1 is 0.848 bits per heavy atom. The Balaban J connectivity index is 0.826. The molecule has 6 aliphatic rings. The van der Waals surface area contributed by atoms with Crippen molar-refractivity contribution in [2.45, 2.75) is 101 Å². The van der Waals surface area contributed by atoms with Crippen LogP contribution in [0, 0.1) is 23.7 Å². The van der Waals surface area contributed by atoms with Crippen molar-refractivity contribution in [2.75, 3.05) is 85.8 Å². The molecule has 0 aromatic heterocycles. The molecule has 0 bridgehead atoms. The van der Waals surface area contributed by atoms with E-state index in [4.69, 9.17) is 48.4 Å². The van der Waals surface area contributed by atoms with Gasteiger partial charge in [-0.1, -0.05) is 12.2 Å². The topological polar surface area (TPSA) is 249 Å². The minimum absolute atomic E-state index is 0.00324. The second kappa shape index (κ2) is 21.4. The number of phenols is 1. The van der Waals surface area contributed by atoms with Crippen LogP contribution in [-0.4, -0.2) is 156 Å². The van der Waals surface area contributed by atoms with Gasteiger partial charge in [0.2, 0.25) is 5.91 Å².